The number of nitrogens with one attached hydrogen (secondary N) is 1. The highest BCUT2D eigenvalue weighted by Gasteiger charge is 2.38. The van der Waals surface area contributed by atoms with Gasteiger partial charge in [0.25, 0.3) is 10.0 Å². The summed E-state index contributed by atoms with van der Waals surface area (Å²) in [6.45, 7) is 1.12. The zero-order valence-electron chi connectivity index (χ0n) is 19.9. The first-order valence-electron chi connectivity index (χ1n) is 11.1. The molecule has 1 aromatic heterocycles. The topological polar surface area (TPSA) is 93.5 Å². The fraction of sp³-hybridized carbons (Fsp3) is 0.200. The zero-order chi connectivity index (χ0) is 26.8. The van der Waals surface area contributed by atoms with Crippen molar-refractivity contribution in [1.82, 2.24) is 9.55 Å². The molecule has 37 heavy (non-hydrogen) atoms. The molecule has 0 aliphatic rings. The van der Waals surface area contributed by atoms with Crippen molar-refractivity contribution in [2.75, 3.05) is 23.3 Å². The van der Waals surface area contributed by atoms with Crippen LogP contribution in [0.5, 0.6) is 5.75 Å². The third-order valence-corrected chi connectivity index (χ3v) is 7.47. The quantitative estimate of drug-likeness (QED) is 0.348. The van der Waals surface area contributed by atoms with Gasteiger partial charge >= 0.3 is 6.18 Å². The van der Waals surface area contributed by atoms with Crippen LogP contribution in [0.2, 0.25) is 0 Å². The molecule has 1 amide bonds. The number of aromatic nitrogens is 2. The number of nitrogens with zero attached hydrogens (tertiary/aromatic N) is 3. The number of ether oxygens (including phenoxy) is 1. The summed E-state index contributed by atoms with van der Waals surface area (Å²) in [5.74, 6) is -1.90. The minimum atomic E-state index is -4.79. The molecule has 0 aliphatic heterocycles. The number of anilines is 2. The summed E-state index contributed by atoms with van der Waals surface area (Å²) in [4.78, 5) is 16.4. The Labute approximate surface area is 211 Å². The first kappa shape index (κ1) is 26.0. The fourth-order valence-corrected chi connectivity index (χ4v) is 5.44. The molecule has 12 heteroatoms. The van der Waals surface area contributed by atoms with Crippen molar-refractivity contribution >= 4 is 38.3 Å². The molecule has 3 aromatic carbocycles. The number of methoxy groups -OCH3 is 1. The molecule has 0 fully saturated rings. The minimum absolute atomic E-state index is 0.00401. The van der Waals surface area contributed by atoms with E-state index >= 15 is 0 Å². The molecule has 0 atom stereocenters. The average Bonchev–Trinajstić information content (AvgIpc) is 3.24. The number of hydrogen-bond acceptors (Lipinski definition) is 5. The first-order valence-corrected chi connectivity index (χ1v) is 12.6. The Bertz CT molecular complexity index is 1540. The standard InChI is InChI=1S/C25H23F3N4O4S/c1-3-32(17-9-5-4-6-10-17)37(34,35)18-13-14-22(36-2)20(15-18)29-23(33)16-31-21-12-8-7-11-19(21)30-24(31)25(26,27)28/h4-15H,3,16H2,1-2H3,(H,29,33). The minimum Gasteiger partial charge on any atom is -0.495 e. The summed E-state index contributed by atoms with van der Waals surface area (Å²) in [6, 6.07) is 18.4. The maximum atomic E-state index is 13.6. The van der Waals surface area contributed by atoms with Gasteiger partial charge in [0.2, 0.25) is 11.7 Å². The normalized spacial score (nSPS) is 11.9. The van der Waals surface area contributed by atoms with E-state index in [0.717, 1.165) is 4.57 Å². The van der Waals surface area contributed by atoms with E-state index in [2.05, 4.69) is 10.3 Å². The van der Waals surface area contributed by atoms with Crippen LogP contribution >= 0.6 is 0 Å². The summed E-state index contributed by atoms with van der Waals surface area (Å²) in [5.41, 5.74) is 0.678. The van der Waals surface area contributed by atoms with Gasteiger partial charge in [0, 0.05) is 6.54 Å². The van der Waals surface area contributed by atoms with Crippen LogP contribution in [-0.4, -0.2) is 37.5 Å². The number of alkyl halides is 3. The van der Waals surface area contributed by atoms with Gasteiger partial charge in [-0.25, -0.2) is 13.4 Å². The third-order valence-electron chi connectivity index (χ3n) is 5.57. The number of fused-ring (bicyclic) bond motifs is 1. The Hall–Kier alpha value is -4.06. The maximum Gasteiger partial charge on any atom is 0.449 e. The molecule has 0 radical (unpaired) electrons. The van der Waals surface area contributed by atoms with Crippen molar-refractivity contribution in [1.29, 1.82) is 0 Å². The smallest absolute Gasteiger partial charge is 0.449 e. The van der Waals surface area contributed by atoms with E-state index in [1.165, 1.54) is 41.7 Å². The lowest BCUT2D eigenvalue weighted by molar-refractivity contribution is -0.147. The van der Waals surface area contributed by atoms with Crippen LogP contribution in [0.25, 0.3) is 11.0 Å². The van der Waals surface area contributed by atoms with Crippen LogP contribution < -0.4 is 14.4 Å². The van der Waals surface area contributed by atoms with Crippen LogP contribution in [-0.2, 0) is 27.5 Å². The van der Waals surface area contributed by atoms with Gasteiger partial charge in [0.1, 0.15) is 12.3 Å². The second-order valence-corrected chi connectivity index (χ2v) is 9.79. The number of hydrogen-bond donors (Lipinski definition) is 1. The second-order valence-electron chi connectivity index (χ2n) is 7.92. The Morgan fingerprint density at radius 3 is 2.38 bits per heavy atom. The molecule has 0 bridgehead atoms. The molecule has 0 saturated heterocycles. The Balaban J connectivity index is 1.67. The van der Waals surface area contributed by atoms with Crippen LogP contribution in [0.1, 0.15) is 12.7 Å². The van der Waals surface area contributed by atoms with Crippen LogP contribution in [0.15, 0.2) is 77.7 Å². The van der Waals surface area contributed by atoms with Gasteiger partial charge in [-0.3, -0.25) is 9.10 Å². The number of benzene rings is 3. The Kier molecular flexibility index (Phi) is 7.12. The number of imidazole rings is 1. The van der Waals surface area contributed by atoms with Gasteiger partial charge in [0.15, 0.2) is 0 Å². The highest BCUT2D eigenvalue weighted by atomic mass is 32.2. The van der Waals surface area contributed by atoms with Crippen molar-refractivity contribution in [3.63, 3.8) is 0 Å². The van der Waals surface area contributed by atoms with Gasteiger partial charge in [0.05, 0.1) is 34.4 Å². The number of carbonyl (C=O) groups is 1. The molecular weight excluding hydrogens is 509 g/mol. The lowest BCUT2D eigenvalue weighted by Crippen LogP contribution is -2.31. The predicted octanol–water partition coefficient (Wildman–Crippen LogP) is 4.92. The van der Waals surface area contributed by atoms with Crippen LogP contribution in [0.3, 0.4) is 0 Å². The van der Waals surface area contributed by atoms with Gasteiger partial charge in [-0.05, 0) is 49.4 Å². The highest BCUT2D eigenvalue weighted by Crippen LogP contribution is 2.33. The monoisotopic (exact) mass is 532 g/mol. The van der Waals surface area contributed by atoms with E-state index in [0.29, 0.717) is 5.69 Å². The molecule has 194 valence electrons. The third kappa shape index (κ3) is 5.24. The Morgan fingerprint density at radius 1 is 1.05 bits per heavy atom. The molecule has 1 heterocycles. The van der Waals surface area contributed by atoms with Crippen LogP contribution in [0, 0.1) is 0 Å². The predicted molar refractivity (Wildman–Crippen MR) is 133 cm³/mol. The van der Waals surface area contributed by atoms with Gasteiger partial charge in [-0.2, -0.15) is 13.2 Å². The number of halogens is 3. The summed E-state index contributed by atoms with van der Waals surface area (Å²) in [6.07, 6.45) is -4.79. The van der Waals surface area contributed by atoms with E-state index in [1.807, 2.05) is 0 Å². The lowest BCUT2D eigenvalue weighted by Gasteiger charge is -2.23. The van der Waals surface area contributed by atoms with E-state index < -0.39 is 34.5 Å². The van der Waals surface area contributed by atoms with E-state index in [9.17, 15) is 26.4 Å². The summed E-state index contributed by atoms with van der Waals surface area (Å²) < 4.78 is 74.8. The number of para-hydroxylation sites is 3. The van der Waals surface area contributed by atoms with E-state index in [-0.39, 0.29) is 33.9 Å². The second kappa shape index (κ2) is 10.1. The molecular formula is C25H23F3N4O4S. The molecule has 8 nitrogen and oxygen atoms in total. The highest BCUT2D eigenvalue weighted by molar-refractivity contribution is 7.92. The molecule has 0 saturated carbocycles. The largest absolute Gasteiger partial charge is 0.495 e. The Morgan fingerprint density at radius 2 is 1.73 bits per heavy atom. The van der Waals surface area contributed by atoms with Gasteiger partial charge in [-0.15, -0.1) is 0 Å². The van der Waals surface area contributed by atoms with Gasteiger partial charge < -0.3 is 14.6 Å². The van der Waals surface area contributed by atoms with Crippen LogP contribution in [0.4, 0.5) is 24.5 Å². The van der Waals surface area contributed by atoms with Crippen molar-refractivity contribution in [2.24, 2.45) is 0 Å². The molecule has 0 spiro atoms. The fourth-order valence-electron chi connectivity index (χ4n) is 3.94. The number of sulfonamides is 1. The van der Waals surface area contributed by atoms with E-state index in [4.69, 9.17) is 4.74 Å². The SMILES string of the molecule is CCN(c1ccccc1)S(=O)(=O)c1ccc(OC)c(NC(=O)Cn2c(C(F)(F)F)nc3ccccc32)c1. The summed E-state index contributed by atoms with van der Waals surface area (Å²) in [5, 5.41) is 2.49. The average molecular weight is 533 g/mol. The summed E-state index contributed by atoms with van der Waals surface area (Å²) in [7, 11) is -2.70. The van der Waals surface area contributed by atoms with Crippen molar-refractivity contribution in [3.8, 4) is 5.75 Å². The number of rotatable bonds is 8. The zero-order valence-corrected chi connectivity index (χ0v) is 20.7. The molecule has 4 aromatic rings. The van der Waals surface area contributed by atoms with Crippen molar-refractivity contribution < 1.29 is 31.1 Å². The van der Waals surface area contributed by atoms with Crippen molar-refractivity contribution in [3.05, 3.63) is 78.6 Å². The molecule has 0 unspecified atom stereocenters. The van der Waals surface area contributed by atoms with Gasteiger partial charge in [-0.1, -0.05) is 30.3 Å². The summed E-state index contributed by atoms with van der Waals surface area (Å²) >= 11 is 0. The number of carbonyl (C=O) groups excluding carboxylic acids is 1. The van der Waals surface area contributed by atoms with Crippen molar-refractivity contribution in [2.45, 2.75) is 24.5 Å². The maximum absolute atomic E-state index is 13.6. The first-order chi connectivity index (χ1) is 17.6. The number of amides is 1. The molecule has 1 N–H and O–H groups in total. The molecule has 0 aliphatic carbocycles. The lowest BCUT2D eigenvalue weighted by atomic mass is 10.3. The van der Waals surface area contributed by atoms with E-state index in [1.54, 1.807) is 49.4 Å². The molecule has 4 rings (SSSR count).